The maximum atomic E-state index is 12.1. The van der Waals surface area contributed by atoms with Crippen LogP contribution in [0.4, 0.5) is 0 Å². The molecule has 2 heterocycles. The number of hydrogen-bond acceptors (Lipinski definition) is 4. The lowest BCUT2D eigenvalue weighted by Gasteiger charge is -2.27. The Bertz CT molecular complexity index is 910. The summed E-state index contributed by atoms with van der Waals surface area (Å²) < 4.78 is 11.0. The Hall–Kier alpha value is -1.98. The fourth-order valence-corrected chi connectivity index (χ4v) is 3.58. The summed E-state index contributed by atoms with van der Waals surface area (Å²) in [6.07, 6.45) is 3.55. The molecule has 0 bridgehead atoms. The highest BCUT2D eigenvalue weighted by Crippen LogP contribution is 2.34. The van der Waals surface area contributed by atoms with E-state index < -0.39 is 0 Å². The summed E-state index contributed by atoms with van der Waals surface area (Å²) >= 11 is 11.7. The molecule has 0 unspecified atom stereocenters. The molecular formula is C18H16Cl2N2O3. The van der Waals surface area contributed by atoms with Gasteiger partial charge in [0.2, 0.25) is 0 Å². The second kappa shape index (κ2) is 6.73. The van der Waals surface area contributed by atoms with Gasteiger partial charge in [-0.25, -0.2) is 4.98 Å². The predicted molar refractivity (Wildman–Crippen MR) is 95.2 cm³/mol. The number of halogens is 2. The van der Waals surface area contributed by atoms with Gasteiger partial charge in [0.05, 0.1) is 0 Å². The third-order valence-electron chi connectivity index (χ3n) is 4.57. The molecule has 3 aromatic rings. The Morgan fingerprint density at radius 3 is 2.60 bits per heavy atom. The predicted octanol–water partition coefficient (Wildman–Crippen LogP) is 5.18. The Labute approximate surface area is 154 Å². The van der Waals surface area contributed by atoms with E-state index in [-0.39, 0.29) is 28.8 Å². The first-order chi connectivity index (χ1) is 12.1. The normalized spacial score (nSPS) is 20.7. The molecule has 0 atom stereocenters. The zero-order chi connectivity index (χ0) is 17.4. The summed E-state index contributed by atoms with van der Waals surface area (Å²) in [5.74, 6) is 1.02. The van der Waals surface area contributed by atoms with Crippen molar-refractivity contribution in [3.8, 4) is 0 Å². The Morgan fingerprint density at radius 2 is 1.88 bits per heavy atom. The maximum Gasteiger partial charge on any atom is 0.287 e. The van der Waals surface area contributed by atoms with E-state index in [1.165, 1.54) is 0 Å². The van der Waals surface area contributed by atoms with Crippen LogP contribution in [0.15, 0.2) is 39.2 Å². The molecule has 1 saturated carbocycles. The minimum absolute atomic E-state index is 0.117. The number of fused-ring (bicyclic) bond motifs is 1. The van der Waals surface area contributed by atoms with Gasteiger partial charge in [0.25, 0.3) is 5.91 Å². The molecule has 1 aliphatic carbocycles. The van der Waals surface area contributed by atoms with Crippen LogP contribution in [0, 0.1) is 0 Å². The van der Waals surface area contributed by atoms with Gasteiger partial charge < -0.3 is 14.2 Å². The first-order valence-corrected chi connectivity index (χ1v) is 8.96. The SMILES string of the molecule is O=C(NC1CCC(c2nc3cc(Cl)ccc3o2)CC1)c1ccc(Cl)o1. The van der Waals surface area contributed by atoms with Crippen molar-refractivity contribution in [1.82, 2.24) is 10.3 Å². The first-order valence-electron chi connectivity index (χ1n) is 8.20. The number of hydrogen-bond donors (Lipinski definition) is 1. The molecule has 0 radical (unpaired) electrons. The van der Waals surface area contributed by atoms with Gasteiger partial charge in [0, 0.05) is 17.0 Å². The summed E-state index contributed by atoms with van der Waals surface area (Å²) in [5, 5.41) is 3.86. The van der Waals surface area contributed by atoms with Gasteiger partial charge in [-0.3, -0.25) is 4.79 Å². The second-order valence-corrected chi connectivity index (χ2v) is 7.10. The molecule has 4 rings (SSSR count). The largest absolute Gasteiger partial charge is 0.440 e. The van der Waals surface area contributed by atoms with Crippen LogP contribution < -0.4 is 5.32 Å². The molecule has 2 aromatic heterocycles. The van der Waals surface area contributed by atoms with Gasteiger partial charge in [-0.15, -0.1) is 0 Å². The third-order valence-corrected chi connectivity index (χ3v) is 5.01. The number of aromatic nitrogens is 1. The number of nitrogens with one attached hydrogen (secondary N) is 1. The summed E-state index contributed by atoms with van der Waals surface area (Å²) in [6, 6.07) is 8.70. The molecule has 1 N–H and O–H groups in total. The number of carbonyl (C=O) groups excluding carboxylic acids is 1. The topological polar surface area (TPSA) is 68.3 Å². The lowest BCUT2D eigenvalue weighted by Crippen LogP contribution is -2.37. The lowest BCUT2D eigenvalue weighted by atomic mass is 9.86. The fraction of sp³-hybridized carbons (Fsp3) is 0.333. The zero-order valence-electron chi connectivity index (χ0n) is 13.3. The zero-order valence-corrected chi connectivity index (χ0v) is 14.8. The Morgan fingerprint density at radius 1 is 1.08 bits per heavy atom. The molecule has 0 aliphatic heterocycles. The lowest BCUT2D eigenvalue weighted by molar-refractivity contribution is 0.0897. The number of carbonyl (C=O) groups is 1. The van der Waals surface area contributed by atoms with Crippen LogP contribution >= 0.6 is 23.2 Å². The average molecular weight is 379 g/mol. The number of oxazole rings is 1. The van der Waals surface area contributed by atoms with Crippen LogP contribution in [0.1, 0.15) is 48.0 Å². The highest BCUT2D eigenvalue weighted by Gasteiger charge is 2.27. The standard InChI is InChI=1S/C18H16Cl2N2O3/c19-11-3-6-14-13(9-11)22-18(25-14)10-1-4-12(5-2-10)21-17(23)15-7-8-16(20)24-15/h3,6-10,12H,1-2,4-5H2,(H,21,23). The van der Waals surface area contributed by atoms with Crippen molar-refractivity contribution in [2.45, 2.75) is 37.6 Å². The molecule has 0 spiro atoms. The number of benzene rings is 1. The number of nitrogens with zero attached hydrogens (tertiary/aromatic N) is 1. The van der Waals surface area contributed by atoms with Crippen molar-refractivity contribution in [2.75, 3.05) is 0 Å². The van der Waals surface area contributed by atoms with E-state index in [1.54, 1.807) is 18.2 Å². The summed E-state index contributed by atoms with van der Waals surface area (Å²) in [4.78, 5) is 16.7. The quantitative estimate of drug-likeness (QED) is 0.681. The van der Waals surface area contributed by atoms with Gasteiger partial charge in [0.1, 0.15) is 5.52 Å². The minimum Gasteiger partial charge on any atom is -0.440 e. The molecule has 1 fully saturated rings. The summed E-state index contributed by atoms with van der Waals surface area (Å²) in [5.41, 5.74) is 1.54. The van der Waals surface area contributed by atoms with Crippen molar-refractivity contribution in [1.29, 1.82) is 0 Å². The van der Waals surface area contributed by atoms with Crippen LogP contribution in [0.2, 0.25) is 10.2 Å². The monoisotopic (exact) mass is 378 g/mol. The van der Waals surface area contributed by atoms with Gasteiger partial charge in [-0.2, -0.15) is 0 Å². The van der Waals surface area contributed by atoms with Crippen molar-refractivity contribution >= 4 is 40.2 Å². The average Bonchev–Trinajstić information content (AvgIpc) is 3.21. The fourth-order valence-electron chi connectivity index (χ4n) is 3.27. The van der Waals surface area contributed by atoms with E-state index in [4.69, 9.17) is 32.0 Å². The van der Waals surface area contributed by atoms with Crippen molar-refractivity contribution in [3.63, 3.8) is 0 Å². The highest BCUT2D eigenvalue weighted by molar-refractivity contribution is 6.31. The van der Waals surface area contributed by atoms with E-state index in [0.717, 1.165) is 42.7 Å². The van der Waals surface area contributed by atoms with Gasteiger partial charge in [-0.05, 0) is 67.6 Å². The smallest absolute Gasteiger partial charge is 0.287 e. The van der Waals surface area contributed by atoms with Crippen LogP contribution in [-0.2, 0) is 0 Å². The van der Waals surface area contributed by atoms with Gasteiger partial charge >= 0.3 is 0 Å². The highest BCUT2D eigenvalue weighted by atomic mass is 35.5. The minimum atomic E-state index is -0.230. The van der Waals surface area contributed by atoms with Crippen molar-refractivity contribution in [2.24, 2.45) is 0 Å². The molecule has 7 heteroatoms. The van der Waals surface area contributed by atoms with Crippen molar-refractivity contribution < 1.29 is 13.6 Å². The molecule has 1 aromatic carbocycles. The van der Waals surface area contributed by atoms with E-state index >= 15 is 0 Å². The molecule has 5 nitrogen and oxygen atoms in total. The van der Waals surface area contributed by atoms with Gasteiger partial charge in [-0.1, -0.05) is 11.6 Å². The molecule has 25 heavy (non-hydrogen) atoms. The summed E-state index contributed by atoms with van der Waals surface area (Å²) in [7, 11) is 0. The van der Waals surface area contributed by atoms with Crippen molar-refractivity contribution in [3.05, 3.63) is 52.2 Å². The molecule has 130 valence electrons. The number of rotatable bonds is 3. The van der Waals surface area contributed by atoms with Crippen LogP contribution in [0.3, 0.4) is 0 Å². The first kappa shape index (κ1) is 16.5. The second-order valence-electron chi connectivity index (χ2n) is 6.29. The van der Waals surface area contributed by atoms with Gasteiger partial charge in [0.15, 0.2) is 22.5 Å². The van der Waals surface area contributed by atoms with Crippen LogP contribution in [0.25, 0.3) is 11.1 Å². The molecular weight excluding hydrogens is 363 g/mol. The van der Waals surface area contributed by atoms with E-state index in [9.17, 15) is 4.79 Å². The number of furan rings is 1. The third kappa shape index (κ3) is 3.53. The van der Waals surface area contributed by atoms with E-state index in [2.05, 4.69) is 10.3 Å². The Balaban J connectivity index is 1.38. The molecule has 0 saturated heterocycles. The molecule has 1 amide bonds. The van der Waals surface area contributed by atoms with Crippen LogP contribution in [-0.4, -0.2) is 16.9 Å². The Kier molecular flexibility index (Phi) is 4.44. The molecule has 1 aliphatic rings. The number of amides is 1. The van der Waals surface area contributed by atoms with Crippen LogP contribution in [0.5, 0.6) is 0 Å². The van der Waals surface area contributed by atoms with E-state index in [1.807, 2.05) is 12.1 Å². The maximum absolute atomic E-state index is 12.1. The van der Waals surface area contributed by atoms with E-state index in [0.29, 0.717) is 5.02 Å². The summed E-state index contributed by atoms with van der Waals surface area (Å²) in [6.45, 7) is 0.